The maximum atomic E-state index is 5.90. The van der Waals surface area contributed by atoms with Gasteiger partial charge in [-0.15, -0.1) is 0 Å². The minimum atomic E-state index is 0.816. The Balaban J connectivity index is 1.70. The molecule has 3 aromatic rings. The van der Waals surface area contributed by atoms with Crippen molar-refractivity contribution >= 4 is 11.1 Å². The van der Waals surface area contributed by atoms with Gasteiger partial charge in [0.2, 0.25) is 0 Å². The van der Waals surface area contributed by atoms with Crippen molar-refractivity contribution in [3.8, 4) is 0 Å². The fraction of sp³-hybridized carbons (Fsp3) is 0.316. The number of rotatable bonds is 6. The Hall–Kier alpha value is -2.13. The highest BCUT2D eigenvalue weighted by molar-refractivity contribution is 5.73. The largest absolute Gasteiger partial charge is 0.441 e. The predicted octanol–water partition coefficient (Wildman–Crippen LogP) is 4.03. The van der Waals surface area contributed by atoms with Gasteiger partial charge in [0.05, 0.1) is 0 Å². The SMILES string of the molecule is CCNCc1ccc2nc(CCc3ccc(C)cc3)oc2c1. The maximum absolute atomic E-state index is 5.90. The Morgan fingerprint density at radius 2 is 1.77 bits per heavy atom. The number of oxazole rings is 1. The average Bonchev–Trinajstić information content (AvgIpc) is 2.94. The monoisotopic (exact) mass is 294 g/mol. The van der Waals surface area contributed by atoms with Crippen molar-refractivity contribution < 1.29 is 4.42 Å². The Kier molecular flexibility index (Phi) is 4.54. The molecule has 114 valence electrons. The number of nitrogens with zero attached hydrogens (tertiary/aromatic N) is 1. The first-order valence-corrected chi connectivity index (χ1v) is 7.89. The quantitative estimate of drug-likeness (QED) is 0.746. The molecule has 22 heavy (non-hydrogen) atoms. The molecule has 0 amide bonds. The smallest absolute Gasteiger partial charge is 0.195 e. The van der Waals surface area contributed by atoms with Crippen molar-refractivity contribution in [3.05, 3.63) is 65.0 Å². The minimum Gasteiger partial charge on any atom is -0.441 e. The van der Waals surface area contributed by atoms with E-state index in [4.69, 9.17) is 4.42 Å². The number of hydrogen-bond acceptors (Lipinski definition) is 3. The number of nitrogens with one attached hydrogen (secondary N) is 1. The second-order valence-corrected chi connectivity index (χ2v) is 5.68. The van der Waals surface area contributed by atoms with Gasteiger partial charge in [-0.1, -0.05) is 42.8 Å². The van der Waals surface area contributed by atoms with Gasteiger partial charge in [-0.25, -0.2) is 4.98 Å². The van der Waals surface area contributed by atoms with Crippen LogP contribution >= 0.6 is 0 Å². The van der Waals surface area contributed by atoms with Crippen molar-refractivity contribution in [1.82, 2.24) is 10.3 Å². The lowest BCUT2D eigenvalue weighted by molar-refractivity contribution is 0.528. The lowest BCUT2D eigenvalue weighted by Gasteiger charge is -2.00. The molecule has 0 saturated carbocycles. The van der Waals surface area contributed by atoms with Crippen LogP contribution in [0.2, 0.25) is 0 Å². The van der Waals surface area contributed by atoms with Gasteiger partial charge in [0.15, 0.2) is 11.5 Å². The third-order valence-electron chi connectivity index (χ3n) is 3.82. The molecular formula is C19H22N2O. The summed E-state index contributed by atoms with van der Waals surface area (Å²) in [5.74, 6) is 0.816. The van der Waals surface area contributed by atoms with Crippen LogP contribution in [-0.4, -0.2) is 11.5 Å². The lowest BCUT2D eigenvalue weighted by Crippen LogP contribution is -2.11. The molecule has 1 N–H and O–H groups in total. The summed E-state index contributed by atoms with van der Waals surface area (Å²) in [6.07, 6.45) is 1.79. The Labute approximate surface area is 131 Å². The van der Waals surface area contributed by atoms with Crippen LogP contribution in [0.5, 0.6) is 0 Å². The van der Waals surface area contributed by atoms with Gasteiger partial charge in [0, 0.05) is 13.0 Å². The van der Waals surface area contributed by atoms with Gasteiger partial charge in [-0.3, -0.25) is 0 Å². The maximum Gasteiger partial charge on any atom is 0.195 e. The molecule has 0 aliphatic rings. The Morgan fingerprint density at radius 1 is 1.00 bits per heavy atom. The zero-order chi connectivity index (χ0) is 15.4. The minimum absolute atomic E-state index is 0.816. The van der Waals surface area contributed by atoms with Crippen LogP contribution in [-0.2, 0) is 19.4 Å². The van der Waals surface area contributed by atoms with Crippen molar-refractivity contribution in [3.63, 3.8) is 0 Å². The highest BCUT2D eigenvalue weighted by atomic mass is 16.3. The summed E-state index contributed by atoms with van der Waals surface area (Å²) >= 11 is 0. The Bertz CT molecular complexity index is 744. The summed E-state index contributed by atoms with van der Waals surface area (Å²) in [5, 5.41) is 3.33. The van der Waals surface area contributed by atoms with Crippen molar-refractivity contribution in [2.75, 3.05) is 6.54 Å². The third-order valence-corrected chi connectivity index (χ3v) is 3.82. The first kappa shape index (κ1) is 14.8. The summed E-state index contributed by atoms with van der Waals surface area (Å²) in [5.41, 5.74) is 5.67. The van der Waals surface area contributed by atoms with Crippen LogP contribution in [0, 0.1) is 6.92 Å². The van der Waals surface area contributed by atoms with E-state index in [2.05, 4.69) is 60.5 Å². The molecular weight excluding hydrogens is 272 g/mol. The zero-order valence-electron chi connectivity index (χ0n) is 13.2. The van der Waals surface area contributed by atoms with E-state index in [-0.39, 0.29) is 0 Å². The summed E-state index contributed by atoms with van der Waals surface area (Å²) in [4.78, 5) is 4.58. The highest BCUT2D eigenvalue weighted by Crippen LogP contribution is 2.18. The number of benzene rings is 2. The summed E-state index contributed by atoms with van der Waals surface area (Å²) < 4.78 is 5.90. The van der Waals surface area contributed by atoms with E-state index in [0.29, 0.717) is 0 Å². The summed E-state index contributed by atoms with van der Waals surface area (Å²) in [6, 6.07) is 14.9. The van der Waals surface area contributed by atoms with Crippen LogP contribution in [0.4, 0.5) is 0 Å². The van der Waals surface area contributed by atoms with E-state index in [1.54, 1.807) is 0 Å². The molecule has 0 aliphatic heterocycles. The number of aryl methyl sites for hydroxylation is 3. The second-order valence-electron chi connectivity index (χ2n) is 5.68. The molecule has 3 heteroatoms. The number of fused-ring (bicyclic) bond motifs is 1. The molecule has 1 heterocycles. The van der Waals surface area contributed by atoms with E-state index < -0.39 is 0 Å². The highest BCUT2D eigenvalue weighted by Gasteiger charge is 2.07. The Morgan fingerprint density at radius 3 is 2.55 bits per heavy atom. The normalized spacial score (nSPS) is 11.2. The lowest BCUT2D eigenvalue weighted by atomic mass is 10.1. The first-order valence-electron chi connectivity index (χ1n) is 7.89. The van der Waals surface area contributed by atoms with E-state index in [1.165, 1.54) is 16.7 Å². The molecule has 3 nitrogen and oxygen atoms in total. The van der Waals surface area contributed by atoms with Gasteiger partial charge in [-0.2, -0.15) is 0 Å². The fourth-order valence-corrected chi connectivity index (χ4v) is 2.51. The van der Waals surface area contributed by atoms with Crippen LogP contribution in [0.1, 0.15) is 29.5 Å². The van der Waals surface area contributed by atoms with Gasteiger partial charge < -0.3 is 9.73 Å². The molecule has 0 spiro atoms. The zero-order valence-corrected chi connectivity index (χ0v) is 13.2. The van der Waals surface area contributed by atoms with Gasteiger partial charge in [0.1, 0.15) is 5.52 Å². The fourth-order valence-electron chi connectivity index (χ4n) is 2.51. The number of hydrogen-bond donors (Lipinski definition) is 1. The molecule has 0 aliphatic carbocycles. The van der Waals surface area contributed by atoms with E-state index in [0.717, 1.165) is 42.9 Å². The first-order chi connectivity index (χ1) is 10.7. The molecule has 0 radical (unpaired) electrons. The van der Waals surface area contributed by atoms with Crippen molar-refractivity contribution in [2.24, 2.45) is 0 Å². The molecule has 0 bridgehead atoms. The van der Waals surface area contributed by atoms with Gasteiger partial charge in [0.25, 0.3) is 0 Å². The standard InChI is InChI=1S/C19H22N2O/c1-3-20-13-16-8-10-17-18(12-16)22-19(21-17)11-9-15-6-4-14(2)5-7-15/h4-8,10,12,20H,3,9,11,13H2,1-2H3. The van der Waals surface area contributed by atoms with Gasteiger partial charge >= 0.3 is 0 Å². The average molecular weight is 294 g/mol. The van der Waals surface area contributed by atoms with Crippen LogP contribution < -0.4 is 5.32 Å². The van der Waals surface area contributed by atoms with Gasteiger partial charge in [-0.05, 0) is 43.1 Å². The molecule has 0 atom stereocenters. The predicted molar refractivity (Wildman–Crippen MR) is 90.0 cm³/mol. The van der Waals surface area contributed by atoms with Crippen molar-refractivity contribution in [1.29, 1.82) is 0 Å². The molecule has 0 saturated heterocycles. The molecule has 2 aromatic carbocycles. The topological polar surface area (TPSA) is 38.1 Å². The molecule has 0 unspecified atom stereocenters. The second kappa shape index (κ2) is 6.75. The van der Waals surface area contributed by atoms with Crippen molar-refractivity contribution in [2.45, 2.75) is 33.2 Å². The molecule has 0 fully saturated rings. The van der Waals surface area contributed by atoms with E-state index in [9.17, 15) is 0 Å². The van der Waals surface area contributed by atoms with E-state index in [1.807, 2.05) is 6.07 Å². The molecule has 1 aromatic heterocycles. The van der Waals surface area contributed by atoms with Crippen LogP contribution in [0.15, 0.2) is 46.9 Å². The van der Waals surface area contributed by atoms with E-state index >= 15 is 0 Å². The summed E-state index contributed by atoms with van der Waals surface area (Å²) in [6.45, 7) is 6.05. The van der Waals surface area contributed by atoms with Crippen LogP contribution in [0.3, 0.4) is 0 Å². The van der Waals surface area contributed by atoms with Crippen LogP contribution in [0.25, 0.3) is 11.1 Å². The molecule has 3 rings (SSSR count). The number of aromatic nitrogens is 1. The third kappa shape index (κ3) is 3.55. The summed E-state index contributed by atoms with van der Waals surface area (Å²) in [7, 11) is 0.